The molecule has 0 aromatic heterocycles. The fourth-order valence-corrected chi connectivity index (χ4v) is 3.59. The van der Waals surface area contributed by atoms with Gasteiger partial charge >= 0.3 is 5.97 Å². The molecule has 3 nitrogen and oxygen atoms in total. The number of carbonyl (C=O) groups excluding carboxylic acids is 1. The summed E-state index contributed by atoms with van der Waals surface area (Å²) in [5, 5.41) is 0. The van der Waals surface area contributed by atoms with Gasteiger partial charge in [0.1, 0.15) is 11.2 Å². The quantitative estimate of drug-likeness (QED) is 0.259. The Morgan fingerprint density at radius 3 is 1.48 bits per heavy atom. The van der Waals surface area contributed by atoms with Crippen LogP contribution in [0.4, 0.5) is 0 Å². The van der Waals surface area contributed by atoms with Crippen LogP contribution in [0.5, 0.6) is 0 Å². The van der Waals surface area contributed by atoms with Crippen LogP contribution in [0.2, 0.25) is 0 Å². The Bertz CT molecular complexity index is 890. The van der Waals surface area contributed by atoms with Gasteiger partial charge in [0.25, 0.3) is 0 Å². The third-order valence-corrected chi connectivity index (χ3v) is 4.81. The summed E-state index contributed by atoms with van der Waals surface area (Å²) in [5.74, 6) is -0.382. The van der Waals surface area contributed by atoms with Gasteiger partial charge < -0.3 is 9.47 Å². The Hall–Kier alpha value is -3.17. The summed E-state index contributed by atoms with van der Waals surface area (Å²) >= 11 is 0. The smallest absolute Gasteiger partial charge is 0.331 e. The SMILES string of the molecule is C[C@@H](/C=C/C(=O)OC(C)(C)C)OC(c1ccccc1)(c1ccccc1)c1ccccc1. The molecule has 0 spiro atoms. The lowest BCUT2D eigenvalue weighted by molar-refractivity contribution is -0.148. The van der Waals surface area contributed by atoms with E-state index in [1.54, 1.807) is 6.08 Å². The van der Waals surface area contributed by atoms with Gasteiger partial charge in [-0.25, -0.2) is 4.79 Å². The van der Waals surface area contributed by atoms with E-state index in [2.05, 4.69) is 36.4 Å². The third-order valence-electron chi connectivity index (χ3n) is 4.81. The summed E-state index contributed by atoms with van der Waals surface area (Å²) in [4.78, 5) is 12.2. The first-order valence-corrected chi connectivity index (χ1v) is 10.6. The van der Waals surface area contributed by atoms with E-state index >= 15 is 0 Å². The summed E-state index contributed by atoms with van der Waals surface area (Å²) < 4.78 is 12.2. The topological polar surface area (TPSA) is 35.5 Å². The Kier molecular flexibility index (Phi) is 7.09. The van der Waals surface area contributed by atoms with Gasteiger partial charge in [-0.15, -0.1) is 0 Å². The van der Waals surface area contributed by atoms with E-state index in [4.69, 9.17) is 9.47 Å². The molecule has 3 aromatic carbocycles. The van der Waals surface area contributed by atoms with E-state index in [-0.39, 0.29) is 12.1 Å². The summed E-state index contributed by atoms with van der Waals surface area (Å²) in [6.07, 6.45) is 2.84. The molecule has 0 saturated heterocycles. The Balaban J connectivity index is 2.05. The molecule has 160 valence electrons. The molecule has 0 aliphatic rings. The molecule has 0 aliphatic carbocycles. The largest absolute Gasteiger partial charge is 0.457 e. The second-order valence-corrected chi connectivity index (χ2v) is 8.49. The van der Waals surface area contributed by atoms with Crippen LogP contribution in [0.1, 0.15) is 44.4 Å². The number of benzene rings is 3. The predicted octanol–water partition coefficient (Wildman–Crippen LogP) is 6.28. The van der Waals surface area contributed by atoms with Crippen molar-refractivity contribution < 1.29 is 14.3 Å². The Morgan fingerprint density at radius 1 is 0.742 bits per heavy atom. The fraction of sp³-hybridized carbons (Fsp3) is 0.250. The molecule has 3 heteroatoms. The first kappa shape index (κ1) is 22.5. The lowest BCUT2D eigenvalue weighted by Gasteiger charge is -2.37. The zero-order valence-corrected chi connectivity index (χ0v) is 18.6. The first-order valence-electron chi connectivity index (χ1n) is 10.6. The number of carbonyl (C=O) groups is 1. The number of esters is 1. The van der Waals surface area contributed by atoms with E-state index in [0.717, 1.165) is 16.7 Å². The molecular formula is C28H30O3. The summed E-state index contributed by atoms with van der Waals surface area (Å²) in [5.41, 5.74) is 1.69. The minimum absolute atomic E-state index is 0.354. The van der Waals surface area contributed by atoms with E-state index in [9.17, 15) is 4.79 Å². The highest BCUT2D eigenvalue weighted by Gasteiger charge is 2.38. The van der Waals surface area contributed by atoms with Gasteiger partial charge in [0.05, 0.1) is 6.10 Å². The molecule has 0 bridgehead atoms. The van der Waals surface area contributed by atoms with Crippen LogP contribution in [-0.4, -0.2) is 17.7 Å². The van der Waals surface area contributed by atoms with Crippen molar-refractivity contribution in [2.24, 2.45) is 0 Å². The molecule has 0 fully saturated rings. The van der Waals surface area contributed by atoms with Crippen LogP contribution in [0.15, 0.2) is 103 Å². The van der Waals surface area contributed by atoms with Crippen molar-refractivity contribution in [1.29, 1.82) is 0 Å². The van der Waals surface area contributed by atoms with Crippen LogP contribution in [0.25, 0.3) is 0 Å². The Morgan fingerprint density at radius 2 is 1.13 bits per heavy atom. The van der Waals surface area contributed by atoms with Crippen molar-refractivity contribution in [2.75, 3.05) is 0 Å². The van der Waals surface area contributed by atoms with Crippen molar-refractivity contribution in [3.8, 4) is 0 Å². The standard InChI is InChI=1S/C28H30O3/c1-22(20-21-26(29)31-27(2,3)4)30-28(23-14-8-5-9-15-23,24-16-10-6-11-17-24)25-18-12-7-13-19-25/h5-22H,1-4H3/b21-20+/t22-/m0/s1. The van der Waals surface area contributed by atoms with Crippen LogP contribution >= 0.6 is 0 Å². The highest BCUT2D eigenvalue weighted by atomic mass is 16.6. The van der Waals surface area contributed by atoms with Gasteiger partial charge in [-0.2, -0.15) is 0 Å². The van der Waals surface area contributed by atoms with Gasteiger partial charge in [0.2, 0.25) is 0 Å². The molecule has 0 N–H and O–H groups in total. The van der Waals surface area contributed by atoms with E-state index in [1.807, 2.05) is 82.3 Å². The lowest BCUT2D eigenvalue weighted by Crippen LogP contribution is -2.35. The number of hydrogen-bond donors (Lipinski definition) is 0. The van der Waals surface area contributed by atoms with Crippen LogP contribution < -0.4 is 0 Å². The average molecular weight is 415 g/mol. The van der Waals surface area contributed by atoms with Crippen molar-refractivity contribution >= 4 is 5.97 Å². The van der Waals surface area contributed by atoms with E-state index in [1.165, 1.54) is 6.08 Å². The molecule has 0 saturated carbocycles. The molecule has 0 aliphatic heterocycles. The van der Waals surface area contributed by atoms with Crippen molar-refractivity contribution in [3.63, 3.8) is 0 Å². The molecule has 0 heterocycles. The number of ether oxygens (including phenoxy) is 2. The molecule has 31 heavy (non-hydrogen) atoms. The second kappa shape index (κ2) is 9.76. The Labute approximate surface area is 185 Å². The average Bonchev–Trinajstić information content (AvgIpc) is 2.77. The second-order valence-electron chi connectivity index (χ2n) is 8.49. The normalized spacial score (nSPS) is 13.2. The maximum Gasteiger partial charge on any atom is 0.331 e. The fourth-order valence-electron chi connectivity index (χ4n) is 3.59. The van der Waals surface area contributed by atoms with Crippen molar-refractivity contribution in [3.05, 3.63) is 120 Å². The van der Waals surface area contributed by atoms with Gasteiger partial charge in [-0.1, -0.05) is 91.0 Å². The molecular weight excluding hydrogens is 384 g/mol. The van der Waals surface area contributed by atoms with Gasteiger partial charge in [-0.3, -0.25) is 0 Å². The monoisotopic (exact) mass is 414 g/mol. The minimum atomic E-state index is -0.832. The molecule has 3 aromatic rings. The maximum absolute atomic E-state index is 12.2. The summed E-state index contributed by atoms with van der Waals surface area (Å²) in [6.45, 7) is 7.49. The molecule has 0 amide bonds. The number of rotatable bonds is 7. The van der Waals surface area contributed by atoms with Crippen LogP contribution in [0.3, 0.4) is 0 Å². The van der Waals surface area contributed by atoms with Gasteiger partial charge in [0.15, 0.2) is 0 Å². The highest BCUT2D eigenvalue weighted by molar-refractivity contribution is 5.82. The van der Waals surface area contributed by atoms with E-state index in [0.29, 0.717) is 0 Å². The molecule has 0 radical (unpaired) electrons. The maximum atomic E-state index is 12.2. The zero-order chi connectivity index (χ0) is 22.3. The number of hydrogen-bond acceptors (Lipinski definition) is 3. The molecule has 1 atom stereocenters. The summed E-state index contributed by atoms with van der Waals surface area (Å²) in [6, 6.07) is 30.5. The van der Waals surface area contributed by atoms with Crippen LogP contribution in [-0.2, 0) is 19.9 Å². The minimum Gasteiger partial charge on any atom is -0.457 e. The molecule has 0 unspecified atom stereocenters. The third kappa shape index (κ3) is 5.71. The van der Waals surface area contributed by atoms with Gasteiger partial charge in [0, 0.05) is 6.08 Å². The van der Waals surface area contributed by atoms with Gasteiger partial charge in [-0.05, 0) is 50.5 Å². The predicted molar refractivity (Wildman–Crippen MR) is 125 cm³/mol. The highest BCUT2D eigenvalue weighted by Crippen LogP contribution is 2.41. The van der Waals surface area contributed by atoms with E-state index < -0.39 is 11.2 Å². The zero-order valence-electron chi connectivity index (χ0n) is 18.6. The van der Waals surface area contributed by atoms with Crippen molar-refractivity contribution in [1.82, 2.24) is 0 Å². The summed E-state index contributed by atoms with van der Waals surface area (Å²) in [7, 11) is 0. The van der Waals surface area contributed by atoms with Crippen molar-refractivity contribution in [2.45, 2.75) is 45.0 Å². The lowest BCUT2D eigenvalue weighted by atomic mass is 9.80. The molecule has 3 rings (SSSR count). The van der Waals surface area contributed by atoms with Crippen LogP contribution in [0, 0.1) is 0 Å². The first-order chi connectivity index (χ1) is 14.8.